The summed E-state index contributed by atoms with van der Waals surface area (Å²) in [6.07, 6.45) is 0. The molecule has 0 unspecified atom stereocenters. The van der Waals surface area contributed by atoms with Crippen LogP contribution in [0.4, 0.5) is 5.13 Å². The van der Waals surface area contributed by atoms with Crippen LogP contribution in [0.3, 0.4) is 0 Å². The van der Waals surface area contributed by atoms with Gasteiger partial charge in [-0.3, -0.25) is 4.79 Å². The van der Waals surface area contributed by atoms with Gasteiger partial charge in [0.25, 0.3) is 0 Å². The predicted molar refractivity (Wildman–Crippen MR) is 85.7 cm³/mol. The Bertz CT molecular complexity index is 605. The van der Waals surface area contributed by atoms with Crippen LogP contribution in [0.15, 0.2) is 33.1 Å². The predicted octanol–water partition coefficient (Wildman–Crippen LogP) is 2.63. The molecule has 0 fully saturated rings. The van der Waals surface area contributed by atoms with E-state index in [-0.39, 0.29) is 5.91 Å². The SMILES string of the molecule is CN(Cc1ccccc1Br)C(=O)CSc1nnc(N)s1. The number of hydrogen-bond donors (Lipinski definition) is 1. The Labute approximate surface area is 133 Å². The number of thioether (sulfide) groups is 1. The summed E-state index contributed by atoms with van der Waals surface area (Å²) in [6, 6.07) is 7.86. The first-order chi connectivity index (χ1) is 9.56. The topological polar surface area (TPSA) is 72.1 Å². The third-order valence-corrected chi connectivity index (χ3v) is 5.18. The number of halogens is 1. The van der Waals surface area contributed by atoms with E-state index >= 15 is 0 Å². The van der Waals surface area contributed by atoms with Crippen LogP contribution >= 0.6 is 39.0 Å². The molecule has 8 heteroatoms. The molecule has 0 aliphatic carbocycles. The summed E-state index contributed by atoms with van der Waals surface area (Å²) in [7, 11) is 1.79. The lowest BCUT2D eigenvalue weighted by molar-refractivity contribution is -0.127. The van der Waals surface area contributed by atoms with Gasteiger partial charge in [0.1, 0.15) is 0 Å². The van der Waals surface area contributed by atoms with E-state index in [0.717, 1.165) is 10.0 Å². The molecule has 1 aromatic carbocycles. The van der Waals surface area contributed by atoms with Gasteiger partial charge in [-0.2, -0.15) is 0 Å². The summed E-state index contributed by atoms with van der Waals surface area (Å²) < 4.78 is 1.72. The first kappa shape index (κ1) is 15.3. The van der Waals surface area contributed by atoms with Crippen molar-refractivity contribution >= 4 is 50.1 Å². The Morgan fingerprint density at radius 1 is 1.45 bits per heavy atom. The highest BCUT2D eigenvalue weighted by Crippen LogP contribution is 2.24. The van der Waals surface area contributed by atoms with Crippen molar-refractivity contribution in [1.82, 2.24) is 15.1 Å². The molecule has 2 aromatic rings. The van der Waals surface area contributed by atoms with Gasteiger partial charge in [-0.1, -0.05) is 57.2 Å². The second-order valence-electron chi connectivity index (χ2n) is 4.04. The van der Waals surface area contributed by atoms with E-state index in [9.17, 15) is 4.79 Å². The third-order valence-electron chi connectivity index (χ3n) is 2.53. The van der Waals surface area contributed by atoms with Crippen molar-refractivity contribution < 1.29 is 4.79 Å². The second kappa shape index (κ2) is 7.05. The summed E-state index contributed by atoms with van der Waals surface area (Å²) in [5.41, 5.74) is 6.57. The number of rotatable bonds is 5. The van der Waals surface area contributed by atoms with Crippen molar-refractivity contribution in [1.29, 1.82) is 0 Å². The first-order valence-corrected chi connectivity index (χ1v) is 8.35. The first-order valence-electron chi connectivity index (χ1n) is 5.75. The maximum absolute atomic E-state index is 12.1. The quantitative estimate of drug-likeness (QED) is 0.816. The normalized spacial score (nSPS) is 10.5. The smallest absolute Gasteiger partial charge is 0.233 e. The molecule has 20 heavy (non-hydrogen) atoms. The fraction of sp³-hybridized carbons (Fsp3) is 0.250. The molecule has 0 atom stereocenters. The fourth-order valence-corrected chi connectivity index (χ4v) is 3.47. The van der Waals surface area contributed by atoms with E-state index in [0.29, 0.717) is 21.8 Å². The van der Waals surface area contributed by atoms with Gasteiger partial charge >= 0.3 is 0 Å². The highest BCUT2D eigenvalue weighted by molar-refractivity contribution is 9.10. The Hall–Kier alpha value is -1.12. The zero-order valence-electron chi connectivity index (χ0n) is 10.7. The Balaban J connectivity index is 1.87. The van der Waals surface area contributed by atoms with Crippen LogP contribution in [0.25, 0.3) is 0 Å². The average molecular weight is 373 g/mol. The maximum atomic E-state index is 12.1. The molecule has 2 rings (SSSR count). The molecular formula is C12H13BrN4OS2. The molecule has 0 saturated carbocycles. The Morgan fingerprint density at radius 3 is 2.85 bits per heavy atom. The molecule has 1 amide bonds. The van der Waals surface area contributed by atoms with Gasteiger partial charge < -0.3 is 10.6 Å². The van der Waals surface area contributed by atoms with Crippen LogP contribution in [0, 0.1) is 0 Å². The maximum Gasteiger partial charge on any atom is 0.233 e. The lowest BCUT2D eigenvalue weighted by Gasteiger charge is -2.17. The number of hydrogen-bond acceptors (Lipinski definition) is 6. The molecule has 0 saturated heterocycles. The number of anilines is 1. The average Bonchev–Trinajstić information content (AvgIpc) is 2.84. The van der Waals surface area contributed by atoms with Gasteiger partial charge in [-0.05, 0) is 11.6 Å². The van der Waals surface area contributed by atoms with E-state index in [1.807, 2.05) is 24.3 Å². The minimum Gasteiger partial charge on any atom is -0.374 e. The standard InChI is InChI=1S/C12H13BrN4OS2/c1-17(6-8-4-2-3-5-9(8)13)10(18)7-19-12-16-15-11(14)20-12/h2-5H,6-7H2,1H3,(H2,14,15). The molecule has 5 nitrogen and oxygen atoms in total. The van der Waals surface area contributed by atoms with Crippen molar-refractivity contribution in [3.8, 4) is 0 Å². The van der Waals surface area contributed by atoms with Crippen LogP contribution in [-0.4, -0.2) is 33.8 Å². The number of nitrogens with zero attached hydrogens (tertiary/aromatic N) is 3. The molecule has 0 radical (unpaired) electrons. The number of carbonyl (C=O) groups excluding carboxylic acids is 1. The molecule has 2 N–H and O–H groups in total. The van der Waals surface area contributed by atoms with Crippen LogP contribution in [0.1, 0.15) is 5.56 Å². The van der Waals surface area contributed by atoms with E-state index < -0.39 is 0 Å². The summed E-state index contributed by atoms with van der Waals surface area (Å²) in [4.78, 5) is 13.7. The summed E-state index contributed by atoms with van der Waals surface area (Å²) >= 11 is 6.12. The highest BCUT2D eigenvalue weighted by atomic mass is 79.9. The van der Waals surface area contributed by atoms with E-state index in [1.165, 1.54) is 23.1 Å². The van der Waals surface area contributed by atoms with E-state index in [1.54, 1.807) is 11.9 Å². The Kier molecular flexibility index (Phi) is 5.38. The minimum absolute atomic E-state index is 0.0412. The molecule has 0 spiro atoms. The van der Waals surface area contributed by atoms with Crippen molar-refractivity contribution in [2.75, 3.05) is 18.5 Å². The highest BCUT2D eigenvalue weighted by Gasteiger charge is 2.12. The van der Waals surface area contributed by atoms with Gasteiger partial charge in [-0.15, -0.1) is 10.2 Å². The van der Waals surface area contributed by atoms with Gasteiger partial charge in [0.15, 0.2) is 4.34 Å². The summed E-state index contributed by atoms with van der Waals surface area (Å²) in [5.74, 6) is 0.370. The zero-order valence-corrected chi connectivity index (χ0v) is 14.0. The fourth-order valence-electron chi connectivity index (χ4n) is 1.48. The van der Waals surface area contributed by atoms with Crippen molar-refractivity contribution in [3.63, 3.8) is 0 Å². The van der Waals surface area contributed by atoms with Crippen LogP contribution < -0.4 is 5.73 Å². The number of nitrogens with two attached hydrogens (primary N) is 1. The van der Waals surface area contributed by atoms with Crippen molar-refractivity contribution in [3.05, 3.63) is 34.3 Å². The lowest BCUT2D eigenvalue weighted by atomic mass is 10.2. The van der Waals surface area contributed by atoms with E-state index in [2.05, 4.69) is 26.1 Å². The molecule has 0 aliphatic rings. The summed E-state index contributed by atoms with van der Waals surface area (Å²) in [5, 5.41) is 8.00. The lowest BCUT2D eigenvalue weighted by Crippen LogP contribution is -2.27. The number of aromatic nitrogens is 2. The zero-order chi connectivity index (χ0) is 14.5. The molecular weight excluding hydrogens is 360 g/mol. The monoisotopic (exact) mass is 372 g/mol. The molecule has 0 aliphatic heterocycles. The van der Waals surface area contributed by atoms with Gasteiger partial charge in [-0.25, -0.2) is 0 Å². The Morgan fingerprint density at radius 2 is 2.20 bits per heavy atom. The van der Waals surface area contributed by atoms with Crippen molar-refractivity contribution in [2.24, 2.45) is 0 Å². The second-order valence-corrected chi connectivity index (χ2v) is 7.12. The van der Waals surface area contributed by atoms with Gasteiger partial charge in [0.2, 0.25) is 11.0 Å². The molecule has 1 heterocycles. The number of carbonyl (C=O) groups is 1. The largest absolute Gasteiger partial charge is 0.374 e. The van der Waals surface area contributed by atoms with Gasteiger partial charge in [0.05, 0.1) is 5.75 Å². The number of nitrogen functional groups attached to an aromatic ring is 1. The van der Waals surface area contributed by atoms with Crippen LogP contribution in [0.5, 0.6) is 0 Å². The van der Waals surface area contributed by atoms with Gasteiger partial charge in [0, 0.05) is 18.1 Å². The molecule has 0 bridgehead atoms. The molecule has 1 aromatic heterocycles. The van der Waals surface area contributed by atoms with Crippen LogP contribution in [0.2, 0.25) is 0 Å². The van der Waals surface area contributed by atoms with E-state index in [4.69, 9.17) is 5.73 Å². The summed E-state index contributed by atoms with van der Waals surface area (Å²) in [6.45, 7) is 0.569. The minimum atomic E-state index is 0.0412. The molecule has 106 valence electrons. The number of benzene rings is 1. The third kappa shape index (κ3) is 4.19. The number of amides is 1. The van der Waals surface area contributed by atoms with Crippen LogP contribution in [-0.2, 0) is 11.3 Å². The van der Waals surface area contributed by atoms with Crippen molar-refractivity contribution in [2.45, 2.75) is 10.9 Å².